The molecule has 0 radical (unpaired) electrons. The number of hydrogen-bond donors (Lipinski definition) is 0. The second kappa shape index (κ2) is 10.5. The number of pyridine rings is 1. The summed E-state index contributed by atoms with van der Waals surface area (Å²) < 4.78 is 5.70. The largest absolute Gasteiger partial charge is 0.492 e. The van der Waals surface area contributed by atoms with E-state index in [1.165, 1.54) is 56.1 Å². The van der Waals surface area contributed by atoms with Gasteiger partial charge in [-0.1, -0.05) is 76.6 Å². The van der Waals surface area contributed by atoms with Gasteiger partial charge >= 0.3 is 0 Å². The van der Waals surface area contributed by atoms with E-state index in [-0.39, 0.29) is 0 Å². The summed E-state index contributed by atoms with van der Waals surface area (Å²) in [6.45, 7) is 5.28. The van der Waals surface area contributed by atoms with E-state index in [0.717, 1.165) is 42.7 Å². The molecule has 0 N–H and O–H groups in total. The molecule has 0 saturated heterocycles. The average Bonchev–Trinajstić information content (AvgIpc) is 2.74. The lowest BCUT2D eigenvalue weighted by Gasteiger charge is -2.27. The molecule has 1 saturated carbocycles. The van der Waals surface area contributed by atoms with Crippen molar-refractivity contribution >= 4 is 0 Å². The minimum atomic E-state index is 0.770. The summed E-state index contributed by atoms with van der Waals surface area (Å²) in [6, 6.07) is 13.1. The number of benzene rings is 1. The van der Waals surface area contributed by atoms with Crippen LogP contribution in [0.1, 0.15) is 70.8 Å². The number of nitrogens with zero attached hydrogens (tertiary/aromatic N) is 1. The first-order chi connectivity index (χ1) is 13.3. The van der Waals surface area contributed by atoms with E-state index in [9.17, 15) is 0 Å². The summed E-state index contributed by atoms with van der Waals surface area (Å²) in [5, 5.41) is 0. The van der Waals surface area contributed by atoms with Crippen molar-refractivity contribution in [1.29, 1.82) is 0 Å². The summed E-state index contributed by atoms with van der Waals surface area (Å²) in [4.78, 5) is 4.57. The van der Waals surface area contributed by atoms with Crippen LogP contribution in [0.3, 0.4) is 0 Å². The highest BCUT2D eigenvalue weighted by Gasteiger charge is 2.19. The molecule has 0 aliphatic heterocycles. The number of unbranched alkanes of at least 4 members (excludes halogenated alkanes) is 1. The van der Waals surface area contributed by atoms with Gasteiger partial charge in [0.1, 0.15) is 5.75 Å². The molecule has 1 fully saturated rings. The Bertz CT molecular complexity index is 654. The van der Waals surface area contributed by atoms with Gasteiger partial charge in [0.2, 0.25) is 0 Å². The molecule has 27 heavy (non-hydrogen) atoms. The number of aromatic nitrogens is 1. The molecule has 0 bridgehead atoms. The van der Waals surface area contributed by atoms with Gasteiger partial charge in [-0.05, 0) is 48.8 Å². The maximum Gasteiger partial charge on any atom is 0.137 e. The van der Waals surface area contributed by atoms with Crippen LogP contribution < -0.4 is 4.74 Å². The lowest BCUT2D eigenvalue weighted by Crippen LogP contribution is -2.14. The predicted octanol–water partition coefficient (Wildman–Crippen LogP) is 7.08. The highest BCUT2D eigenvalue weighted by atomic mass is 16.5. The fourth-order valence-electron chi connectivity index (χ4n) is 4.11. The summed E-state index contributed by atoms with van der Waals surface area (Å²) in [5.74, 6) is 2.80. The van der Waals surface area contributed by atoms with Gasteiger partial charge in [-0.3, -0.25) is 4.98 Å². The van der Waals surface area contributed by atoms with Gasteiger partial charge in [-0.15, -0.1) is 0 Å². The van der Waals surface area contributed by atoms with Crippen molar-refractivity contribution in [3.63, 3.8) is 0 Å². The Morgan fingerprint density at radius 2 is 1.67 bits per heavy atom. The van der Waals surface area contributed by atoms with Crippen LogP contribution in [0.15, 0.2) is 42.6 Å². The zero-order valence-corrected chi connectivity index (χ0v) is 17.1. The molecule has 2 aromatic rings. The monoisotopic (exact) mass is 365 g/mol. The first-order valence-corrected chi connectivity index (χ1v) is 11.0. The third-order valence-electron chi connectivity index (χ3n) is 6.14. The maximum absolute atomic E-state index is 5.70. The fourth-order valence-corrected chi connectivity index (χ4v) is 4.11. The standard InChI is InChI=1S/C25H35NO/c1-3-5-18-27-24-16-17-25(26-19-24)23-14-12-22(13-15-23)11-10-21-8-6-20(4-2)7-9-21/h12-17,19-21H,3-11,18H2,1-2H3. The first-order valence-electron chi connectivity index (χ1n) is 11.0. The molecule has 1 heterocycles. The molecule has 0 amide bonds. The SMILES string of the molecule is CCCCOc1ccc(-c2ccc(CCC3CCC(CC)CC3)cc2)nc1. The van der Waals surface area contributed by atoms with Crippen molar-refractivity contribution in [3.05, 3.63) is 48.2 Å². The van der Waals surface area contributed by atoms with E-state index in [1.807, 2.05) is 12.3 Å². The van der Waals surface area contributed by atoms with Gasteiger partial charge in [0.25, 0.3) is 0 Å². The molecule has 0 spiro atoms. The van der Waals surface area contributed by atoms with E-state index in [4.69, 9.17) is 4.74 Å². The summed E-state index contributed by atoms with van der Waals surface area (Å²) in [7, 11) is 0. The van der Waals surface area contributed by atoms with Crippen LogP contribution in [0.25, 0.3) is 11.3 Å². The van der Waals surface area contributed by atoms with Gasteiger partial charge < -0.3 is 4.74 Å². The molecule has 0 unspecified atom stereocenters. The third kappa shape index (κ3) is 6.09. The number of rotatable bonds is 9. The molecule has 2 heteroatoms. The Labute approximate surface area is 165 Å². The fraction of sp³-hybridized carbons (Fsp3) is 0.560. The topological polar surface area (TPSA) is 22.1 Å². The molecular weight excluding hydrogens is 330 g/mol. The van der Waals surface area contributed by atoms with Crippen molar-refractivity contribution in [1.82, 2.24) is 4.98 Å². The van der Waals surface area contributed by atoms with Crippen molar-refractivity contribution in [2.24, 2.45) is 11.8 Å². The van der Waals surface area contributed by atoms with Crippen molar-refractivity contribution in [2.45, 2.75) is 71.6 Å². The Kier molecular flexibility index (Phi) is 7.74. The molecule has 1 aliphatic rings. The minimum Gasteiger partial charge on any atom is -0.492 e. The van der Waals surface area contributed by atoms with E-state index in [1.54, 1.807) is 0 Å². The number of ether oxygens (including phenoxy) is 1. The first kappa shape index (κ1) is 19.9. The van der Waals surface area contributed by atoms with Crippen LogP contribution >= 0.6 is 0 Å². The van der Waals surface area contributed by atoms with Gasteiger partial charge in [-0.25, -0.2) is 0 Å². The molecule has 146 valence electrons. The van der Waals surface area contributed by atoms with Crippen LogP contribution in [0, 0.1) is 11.8 Å². The molecule has 2 nitrogen and oxygen atoms in total. The second-order valence-electron chi connectivity index (χ2n) is 8.11. The Morgan fingerprint density at radius 3 is 2.30 bits per heavy atom. The molecule has 3 rings (SSSR count). The Balaban J connectivity index is 1.48. The Morgan fingerprint density at radius 1 is 0.926 bits per heavy atom. The summed E-state index contributed by atoms with van der Waals surface area (Å²) >= 11 is 0. The number of aryl methyl sites for hydroxylation is 1. The molecule has 1 aromatic heterocycles. The summed E-state index contributed by atoms with van der Waals surface area (Å²) in [6.07, 6.45) is 13.8. The van der Waals surface area contributed by atoms with Gasteiger partial charge in [0, 0.05) is 5.56 Å². The second-order valence-corrected chi connectivity index (χ2v) is 8.11. The molecule has 1 aromatic carbocycles. The van der Waals surface area contributed by atoms with Gasteiger partial charge in [-0.2, -0.15) is 0 Å². The van der Waals surface area contributed by atoms with Crippen LogP contribution in [-0.4, -0.2) is 11.6 Å². The van der Waals surface area contributed by atoms with Gasteiger partial charge in [0.05, 0.1) is 18.5 Å². The normalized spacial score (nSPS) is 19.8. The van der Waals surface area contributed by atoms with Crippen LogP contribution in [0.4, 0.5) is 0 Å². The predicted molar refractivity (Wildman–Crippen MR) is 114 cm³/mol. The smallest absolute Gasteiger partial charge is 0.137 e. The van der Waals surface area contributed by atoms with E-state index in [0.29, 0.717) is 0 Å². The highest BCUT2D eigenvalue weighted by Crippen LogP contribution is 2.33. The third-order valence-corrected chi connectivity index (χ3v) is 6.14. The van der Waals surface area contributed by atoms with E-state index >= 15 is 0 Å². The number of hydrogen-bond acceptors (Lipinski definition) is 2. The van der Waals surface area contributed by atoms with E-state index in [2.05, 4.69) is 49.2 Å². The quantitative estimate of drug-likeness (QED) is 0.443. The molecule has 0 atom stereocenters. The average molecular weight is 366 g/mol. The molecular formula is C25H35NO. The van der Waals surface area contributed by atoms with E-state index < -0.39 is 0 Å². The van der Waals surface area contributed by atoms with Crippen LogP contribution in [-0.2, 0) is 6.42 Å². The lowest BCUT2D eigenvalue weighted by molar-refractivity contribution is 0.259. The minimum absolute atomic E-state index is 0.770. The van der Waals surface area contributed by atoms with Crippen LogP contribution in [0.2, 0.25) is 0 Å². The Hall–Kier alpha value is -1.83. The molecule has 1 aliphatic carbocycles. The highest BCUT2D eigenvalue weighted by molar-refractivity contribution is 5.59. The zero-order chi connectivity index (χ0) is 18.9. The summed E-state index contributed by atoms with van der Waals surface area (Å²) in [5.41, 5.74) is 3.65. The lowest BCUT2D eigenvalue weighted by atomic mass is 9.78. The van der Waals surface area contributed by atoms with Gasteiger partial charge in [0.15, 0.2) is 0 Å². The van der Waals surface area contributed by atoms with Crippen molar-refractivity contribution in [2.75, 3.05) is 6.61 Å². The maximum atomic E-state index is 5.70. The van der Waals surface area contributed by atoms with Crippen molar-refractivity contribution in [3.8, 4) is 17.0 Å². The zero-order valence-electron chi connectivity index (χ0n) is 17.1. The van der Waals surface area contributed by atoms with Crippen molar-refractivity contribution < 1.29 is 4.74 Å². The van der Waals surface area contributed by atoms with Crippen LogP contribution in [0.5, 0.6) is 5.75 Å².